The molecule has 0 aliphatic rings. The predicted molar refractivity (Wildman–Crippen MR) is 32.3 cm³/mol. The molecule has 0 aliphatic carbocycles. The molecule has 0 aromatic heterocycles. The summed E-state index contributed by atoms with van der Waals surface area (Å²) in [5.74, 6) is -7.63. The molecular weight excluding hydrogens is 278 g/mol. The molecule has 0 radical (unpaired) electrons. The number of hydrogen-bond donors (Lipinski definition) is 0. The van der Waals surface area contributed by atoms with E-state index in [4.69, 9.17) is 0 Å². The second kappa shape index (κ2) is 4.70. The van der Waals surface area contributed by atoms with Crippen molar-refractivity contribution in [1.82, 2.24) is 0 Å². The highest BCUT2D eigenvalue weighted by atomic mass is 19.4. The van der Waals surface area contributed by atoms with Crippen molar-refractivity contribution in [1.29, 1.82) is 0 Å². The van der Waals surface area contributed by atoms with Crippen LogP contribution in [0.5, 0.6) is 0 Å². The average Bonchev–Trinajstić information content (AvgIpc) is 2.10. The minimum absolute atomic E-state index is 2.54. The van der Waals surface area contributed by atoms with Crippen LogP contribution in [0.3, 0.4) is 0 Å². The number of allylic oxidation sites excluding steroid dienone is 1. The van der Waals surface area contributed by atoms with Crippen molar-refractivity contribution in [3.63, 3.8) is 0 Å². The van der Waals surface area contributed by atoms with Gasteiger partial charge in [0.05, 0.1) is 0 Å². The maximum Gasteiger partial charge on any atom is 0.445 e. The molecule has 0 N–H and O–H groups in total. The van der Waals surface area contributed by atoms with Crippen LogP contribution in [0.25, 0.3) is 0 Å². The van der Waals surface area contributed by atoms with Crippen molar-refractivity contribution in [2.45, 2.75) is 18.5 Å². The van der Waals surface area contributed by atoms with E-state index in [0.29, 0.717) is 0 Å². The van der Waals surface area contributed by atoms with Crippen LogP contribution in [-0.2, 0) is 4.74 Å². The molecule has 0 atom stereocenters. The van der Waals surface area contributed by atoms with Crippen molar-refractivity contribution >= 4 is 0 Å². The largest absolute Gasteiger partial charge is 0.445 e. The zero-order valence-corrected chi connectivity index (χ0v) is 7.39. The van der Waals surface area contributed by atoms with Crippen LogP contribution in [0.15, 0.2) is 11.7 Å². The lowest BCUT2D eigenvalue weighted by Gasteiger charge is -2.17. The molecule has 0 saturated heterocycles. The first-order valence-corrected chi connectivity index (χ1v) is 3.49. The lowest BCUT2D eigenvalue weighted by Crippen LogP contribution is -2.30. The minimum atomic E-state index is -6.09. The highest BCUT2D eigenvalue weighted by Crippen LogP contribution is 2.38. The first-order valence-electron chi connectivity index (χ1n) is 3.49. The van der Waals surface area contributed by atoms with E-state index in [1.54, 1.807) is 0 Å². The van der Waals surface area contributed by atoms with E-state index in [1.807, 2.05) is 0 Å². The Balaban J connectivity index is 4.95. The molecule has 17 heavy (non-hydrogen) atoms. The molecule has 0 aromatic carbocycles. The van der Waals surface area contributed by atoms with E-state index in [1.165, 1.54) is 0 Å². The van der Waals surface area contributed by atoms with E-state index in [2.05, 4.69) is 4.74 Å². The van der Waals surface area contributed by atoms with Crippen LogP contribution in [0.4, 0.5) is 43.9 Å². The first kappa shape index (κ1) is 16.0. The van der Waals surface area contributed by atoms with Crippen LogP contribution >= 0.6 is 0 Å². The SMILES string of the molecule is FC(=C(F)C(F)(F)OCC(F)(F)F)C(F)(F)F. The van der Waals surface area contributed by atoms with Gasteiger partial charge in [-0.1, -0.05) is 0 Å². The fourth-order valence-electron chi connectivity index (χ4n) is 0.488. The zero-order chi connectivity index (χ0) is 14.1. The fraction of sp³-hybridized carbons (Fsp3) is 0.667. The van der Waals surface area contributed by atoms with Crippen LogP contribution < -0.4 is 0 Å². The van der Waals surface area contributed by atoms with E-state index < -0.39 is 36.7 Å². The Labute approximate surface area is 86.6 Å². The highest BCUT2D eigenvalue weighted by Gasteiger charge is 2.49. The standard InChI is InChI=1S/C6H2F10O/c7-2(5(12,13)14)3(8)6(15,16)17-1-4(9,10)11/h1H2. The van der Waals surface area contributed by atoms with Crippen LogP contribution in [0.2, 0.25) is 0 Å². The summed E-state index contributed by atoms with van der Waals surface area (Å²) in [6.07, 6.45) is -17.1. The van der Waals surface area contributed by atoms with E-state index >= 15 is 0 Å². The molecule has 0 unspecified atom stereocenters. The van der Waals surface area contributed by atoms with Gasteiger partial charge in [-0.05, 0) is 0 Å². The van der Waals surface area contributed by atoms with E-state index in [0.717, 1.165) is 0 Å². The van der Waals surface area contributed by atoms with E-state index in [9.17, 15) is 43.9 Å². The summed E-state index contributed by atoms with van der Waals surface area (Å²) in [7, 11) is 0. The third kappa shape index (κ3) is 5.24. The Morgan fingerprint density at radius 2 is 1.18 bits per heavy atom. The molecule has 0 aliphatic heterocycles. The van der Waals surface area contributed by atoms with E-state index in [-0.39, 0.29) is 0 Å². The molecule has 0 heterocycles. The van der Waals surface area contributed by atoms with Crippen molar-refractivity contribution in [2.75, 3.05) is 6.61 Å². The van der Waals surface area contributed by atoms with Gasteiger partial charge in [0.1, 0.15) is 6.61 Å². The zero-order valence-electron chi connectivity index (χ0n) is 7.39. The maximum atomic E-state index is 12.2. The summed E-state index contributed by atoms with van der Waals surface area (Å²) in [6, 6.07) is 0. The van der Waals surface area contributed by atoms with Crippen LogP contribution in [0, 0.1) is 0 Å². The fourth-order valence-corrected chi connectivity index (χ4v) is 0.488. The lowest BCUT2D eigenvalue weighted by atomic mass is 10.4. The van der Waals surface area contributed by atoms with Gasteiger partial charge in [-0.2, -0.15) is 43.9 Å². The molecule has 0 fully saturated rings. The Morgan fingerprint density at radius 1 is 0.765 bits per heavy atom. The van der Waals surface area contributed by atoms with Gasteiger partial charge in [0.2, 0.25) is 11.7 Å². The van der Waals surface area contributed by atoms with Crippen molar-refractivity contribution in [3.8, 4) is 0 Å². The Hall–Kier alpha value is -1.00. The molecular formula is C6H2F10O. The van der Waals surface area contributed by atoms with Gasteiger partial charge in [0, 0.05) is 0 Å². The molecule has 0 rings (SSSR count). The number of halogens is 10. The predicted octanol–water partition coefficient (Wildman–Crippen LogP) is 3.87. The summed E-state index contributed by atoms with van der Waals surface area (Å²) in [4.78, 5) is 0. The molecule has 0 amide bonds. The van der Waals surface area contributed by atoms with Crippen molar-refractivity contribution < 1.29 is 48.6 Å². The van der Waals surface area contributed by atoms with Gasteiger partial charge in [0.15, 0.2) is 0 Å². The maximum absolute atomic E-state index is 12.2. The molecule has 0 saturated carbocycles. The van der Waals surface area contributed by atoms with Gasteiger partial charge in [-0.3, -0.25) is 0 Å². The van der Waals surface area contributed by atoms with Gasteiger partial charge >= 0.3 is 18.5 Å². The lowest BCUT2D eigenvalue weighted by molar-refractivity contribution is -0.278. The second-order valence-electron chi connectivity index (χ2n) is 2.55. The number of hydrogen-bond acceptors (Lipinski definition) is 1. The quantitative estimate of drug-likeness (QED) is 0.713. The second-order valence-corrected chi connectivity index (χ2v) is 2.55. The first-order chi connectivity index (χ1) is 7.27. The molecule has 0 spiro atoms. The smallest absolute Gasteiger partial charge is 0.305 e. The van der Waals surface area contributed by atoms with Gasteiger partial charge < -0.3 is 4.74 Å². The molecule has 1 nitrogen and oxygen atoms in total. The van der Waals surface area contributed by atoms with Gasteiger partial charge in [-0.15, -0.1) is 0 Å². The molecule has 102 valence electrons. The third-order valence-corrected chi connectivity index (χ3v) is 1.11. The molecule has 0 bridgehead atoms. The summed E-state index contributed by atoms with van der Waals surface area (Å²) in [6.45, 7) is -2.74. The van der Waals surface area contributed by atoms with Crippen molar-refractivity contribution in [3.05, 3.63) is 11.7 Å². The Morgan fingerprint density at radius 3 is 1.47 bits per heavy atom. The summed E-state index contributed by atoms with van der Waals surface area (Å²) >= 11 is 0. The number of rotatable bonds is 3. The average molecular weight is 280 g/mol. The summed E-state index contributed by atoms with van der Waals surface area (Å²) in [5, 5.41) is 0. The number of ether oxygens (including phenoxy) is 1. The van der Waals surface area contributed by atoms with Gasteiger partial charge in [-0.25, -0.2) is 0 Å². The summed E-state index contributed by atoms with van der Waals surface area (Å²) < 4.78 is 120. The minimum Gasteiger partial charge on any atom is -0.305 e. The highest BCUT2D eigenvalue weighted by molar-refractivity contribution is 5.10. The normalized spacial score (nSPS) is 15.9. The topological polar surface area (TPSA) is 9.23 Å². The number of alkyl halides is 8. The Kier molecular flexibility index (Phi) is 4.43. The van der Waals surface area contributed by atoms with Crippen LogP contribution in [0.1, 0.15) is 0 Å². The molecule has 0 aromatic rings. The van der Waals surface area contributed by atoms with Crippen molar-refractivity contribution in [2.24, 2.45) is 0 Å². The third-order valence-electron chi connectivity index (χ3n) is 1.11. The molecule has 11 heteroatoms. The van der Waals surface area contributed by atoms with Gasteiger partial charge in [0.25, 0.3) is 0 Å². The summed E-state index contributed by atoms with van der Waals surface area (Å²) in [5.41, 5.74) is 0. The van der Waals surface area contributed by atoms with Crippen LogP contribution in [-0.4, -0.2) is 25.1 Å². The monoisotopic (exact) mass is 280 g/mol. The Bertz CT molecular complexity index is 297.